The molecule has 2 aromatic rings. The minimum atomic E-state index is -0.153. The number of benzene rings is 1. The van der Waals surface area contributed by atoms with Crippen LogP contribution in [0.2, 0.25) is 0 Å². The Morgan fingerprint density at radius 3 is 2.44 bits per heavy atom. The van der Waals surface area contributed by atoms with E-state index in [1.165, 1.54) is 16.2 Å². The number of carbonyl (C=O) groups is 1. The Morgan fingerprint density at radius 2 is 1.84 bits per heavy atom. The lowest BCUT2D eigenvalue weighted by Gasteiger charge is -2.32. The summed E-state index contributed by atoms with van der Waals surface area (Å²) < 4.78 is 6.66. The first kappa shape index (κ1) is 17.3. The molecule has 1 fully saturated rings. The van der Waals surface area contributed by atoms with Crippen LogP contribution in [-0.2, 0) is 13.5 Å². The highest BCUT2D eigenvalue weighted by Crippen LogP contribution is 2.23. The summed E-state index contributed by atoms with van der Waals surface area (Å²) in [7, 11) is 3.35. The minimum absolute atomic E-state index is 0.0411. The number of piperidine rings is 1. The van der Waals surface area contributed by atoms with E-state index >= 15 is 0 Å². The van der Waals surface area contributed by atoms with Gasteiger partial charge in [-0.15, -0.1) is 0 Å². The third kappa shape index (κ3) is 4.10. The molecule has 2 heterocycles. The molecule has 3 rings (SSSR count). The average Bonchev–Trinajstić information content (AvgIpc) is 2.65. The number of rotatable bonds is 4. The number of aromatic nitrogens is 1. The Balaban J connectivity index is 1.56. The van der Waals surface area contributed by atoms with Crippen LogP contribution in [-0.4, -0.2) is 35.6 Å². The molecular formula is C20H24N2O3. The van der Waals surface area contributed by atoms with Gasteiger partial charge < -0.3 is 14.2 Å². The third-order valence-corrected chi connectivity index (χ3v) is 4.94. The second-order valence-electron chi connectivity index (χ2n) is 6.65. The van der Waals surface area contributed by atoms with Crippen molar-refractivity contribution in [3.63, 3.8) is 0 Å². The number of nitrogens with zero attached hydrogens (tertiary/aromatic N) is 2. The molecule has 0 spiro atoms. The van der Waals surface area contributed by atoms with Crippen molar-refractivity contribution in [3.8, 4) is 5.75 Å². The van der Waals surface area contributed by atoms with E-state index in [1.807, 2.05) is 17.0 Å². The molecule has 0 aliphatic carbocycles. The maximum Gasteiger partial charge on any atom is 0.254 e. The zero-order chi connectivity index (χ0) is 17.8. The second-order valence-corrected chi connectivity index (χ2v) is 6.65. The van der Waals surface area contributed by atoms with Gasteiger partial charge in [0.25, 0.3) is 11.5 Å². The average molecular weight is 340 g/mol. The highest BCUT2D eigenvalue weighted by atomic mass is 16.5. The molecule has 1 amide bonds. The van der Waals surface area contributed by atoms with Crippen LogP contribution in [0.25, 0.3) is 0 Å². The predicted octanol–water partition coefficient (Wildman–Crippen LogP) is 2.49. The summed E-state index contributed by atoms with van der Waals surface area (Å²) in [6.07, 6.45) is 4.65. The number of methoxy groups -OCH3 is 1. The Morgan fingerprint density at radius 1 is 1.16 bits per heavy atom. The fourth-order valence-corrected chi connectivity index (χ4v) is 3.30. The number of likely N-dealkylation sites (tertiary alicyclic amines) is 1. The standard InChI is InChI=1S/C20H24N2O3/c1-21-10-9-17(14-19(21)23)20(24)22-11-7-16(8-12-22)13-15-3-5-18(25-2)6-4-15/h3-6,9-10,14,16H,7-8,11-13H2,1-2H3. The molecule has 1 aliphatic heterocycles. The lowest BCUT2D eigenvalue weighted by molar-refractivity contribution is 0.0690. The molecule has 0 radical (unpaired) electrons. The molecule has 25 heavy (non-hydrogen) atoms. The first-order valence-electron chi connectivity index (χ1n) is 8.65. The molecule has 1 aromatic heterocycles. The van der Waals surface area contributed by atoms with Crippen LogP contribution < -0.4 is 10.3 Å². The lowest BCUT2D eigenvalue weighted by atomic mass is 9.90. The van der Waals surface area contributed by atoms with Crippen LogP contribution in [0, 0.1) is 5.92 Å². The summed E-state index contributed by atoms with van der Waals surface area (Å²) in [6.45, 7) is 1.49. The van der Waals surface area contributed by atoms with Crippen molar-refractivity contribution >= 4 is 5.91 Å². The van der Waals surface area contributed by atoms with Gasteiger partial charge in [0.2, 0.25) is 0 Å². The maximum atomic E-state index is 12.6. The maximum absolute atomic E-state index is 12.6. The molecule has 0 N–H and O–H groups in total. The Labute approximate surface area is 147 Å². The van der Waals surface area contributed by atoms with Crippen LogP contribution in [0.15, 0.2) is 47.4 Å². The number of aryl methyl sites for hydroxylation is 1. The van der Waals surface area contributed by atoms with Crippen LogP contribution >= 0.6 is 0 Å². The second kappa shape index (κ2) is 7.55. The first-order chi connectivity index (χ1) is 12.1. The van der Waals surface area contributed by atoms with Crippen molar-refractivity contribution in [2.75, 3.05) is 20.2 Å². The van der Waals surface area contributed by atoms with Crippen LogP contribution in [0.1, 0.15) is 28.8 Å². The fraction of sp³-hybridized carbons (Fsp3) is 0.400. The lowest BCUT2D eigenvalue weighted by Crippen LogP contribution is -2.39. The molecular weight excluding hydrogens is 316 g/mol. The van der Waals surface area contributed by atoms with Gasteiger partial charge in [-0.3, -0.25) is 9.59 Å². The molecule has 1 aliphatic rings. The summed E-state index contributed by atoms with van der Waals surface area (Å²) >= 11 is 0. The molecule has 0 atom stereocenters. The van der Waals surface area contributed by atoms with E-state index in [1.54, 1.807) is 26.4 Å². The molecule has 0 saturated carbocycles. The van der Waals surface area contributed by atoms with Gasteiger partial charge in [-0.05, 0) is 48.9 Å². The fourth-order valence-electron chi connectivity index (χ4n) is 3.30. The van der Waals surface area contributed by atoms with Gasteiger partial charge >= 0.3 is 0 Å². The van der Waals surface area contributed by atoms with E-state index in [4.69, 9.17) is 4.74 Å². The minimum Gasteiger partial charge on any atom is -0.497 e. The predicted molar refractivity (Wildman–Crippen MR) is 97.0 cm³/mol. The highest BCUT2D eigenvalue weighted by molar-refractivity contribution is 5.94. The molecule has 132 valence electrons. The van der Waals surface area contributed by atoms with Gasteiger partial charge in [0.05, 0.1) is 7.11 Å². The summed E-state index contributed by atoms with van der Waals surface area (Å²) in [5.74, 6) is 1.42. The zero-order valence-corrected chi connectivity index (χ0v) is 14.8. The van der Waals surface area contributed by atoms with Gasteiger partial charge in [-0.1, -0.05) is 12.1 Å². The number of hydrogen-bond acceptors (Lipinski definition) is 3. The van der Waals surface area contributed by atoms with Crippen LogP contribution in [0.4, 0.5) is 0 Å². The SMILES string of the molecule is COc1ccc(CC2CCN(C(=O)c3ccn(C)c(=O)c3)CC2)cc1. The van der Waals surface area contributed by atoms with Crippen LogP contribution in [0.5, 0.6) is 5.75 Å². The van der Waals surface area contributed by atoms with E-state index < -0.39 is 0 Å². The van der Waals surface area contributed by atoms with Crippen molar-refractivity contribution < 1.29 is 9.53 Å². The Hall–Kier alpha value is -2.56. The molecule has 5 nitrogen and oxygen atoms in total. The monoisotopic (exact) mass is 340 g/mol. The van der Waals surface area contributed by atoms with Crippen LogP contribution in [0.3, 0.4) is 0 Å². The van der Waals surface area contributed by atoms with E-state index in [0.717, 1.165) is 38.1 Å². The smallest absolute Gasteiger partial charge is 0.254 e. The van der Waals surface area contributed by atoms with E-state index in [2.05, 4.69) is 12.1 Å². The number of hydrogen-bond donors (Lipinski definition) is 0. The number of carbonyl (C=O) groups excluding carboxylic acids is 1. The molecule has 0 unspecified atom stereocenters. The molecule has 0 bridgehead atoms. The molecule has 1 saturated heterocycles. The topological polar surface area (TPSA) is 51.5 Å². The van der Waals surface area contributed by atoms with E-state index in [-0.39, 0.29) is 11.5 Å². The number of amides is 1. The molecule has 5 heteroatoms. The largest absolute Gasteiger partial charge is 0.497 e. The summed E-state index contributed by atoms with van der Waals surface area (Å²) in [6, 6.07) is 11.3. The summed E-state index contributed by atoms with van der Waals surface area (Å²) in [4.78, 5) is 26.1. The Bertz CT molecular complexity index is 787. The first-order valence-corrected chi connectivity index (χ1v) is 8.65. The molecule has 1 aromatic carbocycles. The highest BCUT2D eigenvalue weighted by Gasteiger charge is 2.24. The van der Waals surface area contributed by atoms with E-state index in [9.17, 15) is 9.59 Å². The van der Waals surface area contributed by atoms with Gasteiger partial charge in [-0.25, -0.2) is 0 Å². The summed E-state index contributed by atoms with van der Waals surface area (Å²) in [5, 5.41) is 0. The van der Waals surface area contributed by atoms with Gasteiger partial charge in [0.15, 0.2) is 0 Å². The van der Waals surface area contributed by atoms with Gasteiger partial charge in [0.1, 0.15) is 5.75 Å². The van der Waals surface area contributed by atoms with Crippen molar-refractivity contribution in [2.24, 2.45) is 13.0 Å². The van der Waals surface area contributed by atoms with Crippen molar-refractivity contribution in [1.29, 1.82) is 0 Å². The summed E-state index contributed by atoms with van der Waals surface area (Å²) in [5.41, 5.74) is 1.63. The van der Waals surface area contributed by atoms with Crippen molar-refractivity contribution in [1.82, 2.24) is 9.47 Å². The normalized spacial score (nSPS) is 15.2. The van der Waals surface area contributed by atoms with Crippen molar-refractivity contribution in [3.05, 3.63) is 64.1 Å². The number of ether oxygens (including phenoxy) is 1. The zero-order valence-electron chi connectivity index (χ0n) is 14.8. The van der Waals surface area contributed by atoms with Gasteiger partial charge in [0, 0.05) is 38.0 Å². The quantitative estimate of drug-likeness (QED) is 0.859. The van der Waals surface area contributed by atoms with Crippen molar-refractivity contribution in [2.45, 2.75) is 19.3 Å². The van der Waals surface area contributed by atoms with Gasteiger partial charge in [-0.2, -0.15) is 0 Å². The van der Waals surface area contributed by atoms with E-state index in [0.29, 0.717) is 11.5 Å². The number of pyridine rings is 1. The Kier molecular flexibility index (Phi) is 5.22. The third-order valence-electron chi connectivity index (χ3n) is 4.94.